The Hall–Kier alpha value is -3.22. The van der Waals surface area contributed by atoms with E-state index in [0.717, 1.165) is 11.3 Å². The number of ether oxygens (including phenoxy) is 2. The number of anilines is 2. The lowest BCUT2D eigenvalue weighted by Crippen LogP contribution is -2.37. The van der Waals surface area contributed by atoms with Gasteiger partial charge in [-0.15, -0.1) is 0 Å². The van der Waals surface area contributed by atoms with Crippen LogP contribution in [0.2, 0.25) is 0 Å². The van der Waals surface area contributed by atoms with Crippen LogP contribution in [0, 0.1) is 6.92 Å². The molecule has 7 heteroatoms. The van der Waals surface area contributed by atoms with Gasteiger partial charge in [-0.1, -0.05) is 17.7 Å². The van der Waals surface area contributed by atoms with Gasteiger partial charge in [0.25, 0.3) is 0 Å². The Balaban J connectivity index is 1.37. The fraction of sp³-hybridized carbons (Fsp3) is 0.300. The molecule has 0 aromatic heterocycles. The quantitative estimate of drug-likeness (QED) is 0.902. The predicted molar refractivity (Wildman–Crippen MR) is 102 cm³/mol. The van der Waals surface area contributed by atoms with E-state index in [1.807, 2.05) is 31.2 Å². The van der Waals surface area contributed by atoms with Gasteiger partial charge in [0.15, 0.2) is 11.5 Å². The Kier molecular flexibility index (Phi) is 4.58. The van der Waals surface area contributed by atoms with Gasteiger partial charge in [0.2, 0.25) is 5.91 Å². The molecule has 2 heterocycles. The zero-order valence-electron chi connectivity index (χ0n) is 15.1. The molecule has 1 fully saturated rings. The summed E-state index contributed by atoms with van der Waals surface area (Å²) < 4.78 is 11.0. The lowest BCUT2D eigenvalue weighted by atomic mass is 10.2. The summed E-state index contributed by atoms with van der Waals surface area (Å²) in [5, 5.41) is 2.81. The highest BCUT2D eigenvalue weighted by atomic mass is 16.6. The van der Waals surface area contributed by atoms with E-state index in [0.29, 0.717) is 43.5 Å². The van der Waals surface area contributed by atoms with Crippen molar-refractivity contribution >= 4 is 23.3 Å². The van der Waals surface area contributed by atoms with Gasteiger partial charge in [-0.25, -0.2) is 4.79 Å². The van der Waals surface area contributed by atoms with Gasteiger partial charge in [0.05, 0.1) is 0 Å². The number of carbonyl (C=O) groups is 2. The number of rotatable bonds is 4. The molecule has 2 aromatic rings. The van der Waals surface area contributed by atoms with Crippen LogP contribution in [0.4, 0.5) is 16.2 Å². The van der Waals surface area contributed by atoms with E-state index in [9.17, 15) is 9.59 Å². The van der Waals surface area contributed by atoms with E-state index in [2.05, 4.69) is 5.32 Å². The first-order valence-electron chi connectivity index (χ1n) is 8.93. The maximum atomic E-state index is 12.6. The third-order valence-corrected chi connectivity index (χ3v) is 4.60. The van der Waals surface area contributed by atoms with Crippen LogP contribution < -0.4 is 19.7 Å². The zero-order chi connectivity index (χ0) is 18.8. The normalized spacial score (nSPS) is 15.8. The number of benzene rings is 2. The average molecular weight is 367 g/mol. The van der Waals surface area contributed by atoms with Gasteiger partial charge >= 0.3 is 6.03 Å². The first kappa shape index (κ1) is 17.2. The molecule has 1 N–H and O–H groups in total. The molecular weight excluding hydrogens is 346 g/mol. The number of aryl methyl sites for hydroxylation is 1. The standard InChI is InChI=1S/C20H21N3O4/c1-14-2-5-16(6-3-14)23-9-8-22(20(23)25)13-19(24)21-15-4-7-17-18(12-15)27-11-10-26-17/h2-7,12H,8-11,13H2,1H3,(H,21,24). The second-order valence-corrected chi connectivity index (χ2v) is 6.60. The molecule has 0 aliphatic carbocycles. The van der Waals surface area contributed by atoms with Crippen molar-refractivity contribution in [1.82, 2.24) is 4.90 Å². The summed E-state index contributed by atoms with van der Waals surface area (Å²) in [5.41, 5.74) is 2.60. The lowest BCUT2D eigenvalue weighted by Gasteiger charge is -2.20. The maximum absolute atomic E-state index is 12.6. The molecule has 3 amide bonds. The maximum Gasteiger partial charge on any atom is 0.325 e. The lowest BCUT2D eigenvalue weighted by molar-refractivity contribution is -0.116. The predicted octanol–water partition coefficient (Wildman–Crippen LogP) is 2.65. The number of urea groups is 1. The number of fused-ring (bicyclic) bond motifs is 1. The molecule has 140 valence electrons. The van der Waals surface area contributed by atoms with E-state index in [4.69, 9.17) is 9.47 Å². The Morgan fingerprint density at radius 3 is 2.56 bits per heavy atom. The van der Waals surface area contributed by atoms with E-state index < -0.39 is 0 Å². The molecular formula is C20H21N3O4. The Morgan fingerprint density at radius 2 is 1.78 bits per heavy atom. The zero-order valence-corrected chi connectivity index (χ0v) is 15.1. The molecule has 2 aliphatic heterocycles. The van der Waals surface area contributed by atoms with Gasteiger partial charge in [-0.3, -0.25) is 9.69 Å². The molecule has 0 saturated carbocycles. The van der Waals surface area contributed by atoms with Gasteiger partial charge in [-0.05, 0) is 31.2 Å². The number of hydrogen-bond acceptors (Lipinski definition) is 4. The largest absolute Gasteiger partial charge is 0.486 e. The molecule has 4 rings (SSSR count). The molecule has 0 bridgehead atoms. The van der Waals surface area contributed by atoms with Crippen molar-refractivity contribution in [3.8, 4) is 11.5 Å². The second-order valence-electron chi connectivity index (χ2n) is 6.60. The molecule has 1 saturated heterocycles. The first-order chi connectivity index (χ1) is 13.1. The van der Waals surface area contributed by atoms with Crippen molar-refractivity contribution in [2.24, 2.45) is 0 Å². The third-order valence-electron chi connectivity index (χ3n) is 4.60. The van der Waals surface area contributed by atoms with E-state index >= 15 is 0 Å². The monoisotopic (exact) mass is 367 g/mol. The van der Waals surface area contributed by atoms with Crippen molar-refractivity contribution in [2.45, 2.75) is 6.92 Å². The SMILES string of the molecule is Cc1ccc(N2CCN(CC(=O)Nc3ccc4c(c3)OCCO4)C2=O)cc1. The Bertz CT molecular complexity index is 866. The van der Waals surface area contributed by atoms with Gasteiger partial charge in [0, 0.05) is 30.5 Å². The molecule has 2 aliphatic rings. The highest BCUT2D eigenvalue weighted by Crippen LogP contribution is 2.32. The van der Waals surface area contributed by atoms with Crippen LogP contribution in [-0.4, -0.2) is 49.7 Å². The molecule has 2 aromatic carbocycles. The van der Waals surface area contributed by atoms with Gasteiger partial charge in [-0.2, -0.15) is 0 Å². The van der Waals surface area contributed by atoms with E-state index in [1.54, 1.807) is 28.0 Å². The molecule has 0 spiro atoms. The second kappa shape index (κ2) is 7.19. The van der Waals surface area contributed by atoms with Crippen molar-refractivity contribution in [3.63, 3.8) is 0 Å². The van der Waals surface area contributed by atoms with Crippen LogP contribution in [0.1, 0.15) is 5.56 Å². The molecule has 27 heavy (non-hydrogen) atoms. The smallest absolute Gasteiger partial charge is 0.325 e. The average Bonchev–Trinajstić information content (AvgIpc) is 3.02. The first-order valence-corrected chi connectivity index (χ1v) is 8.93. The van der Waals surface area contributed by atoms with Crippen LogP contribution >= 0.6 is 0 Å². The van der Waals surface area contributed by atoms with Crippen LogP contribution in [-0.2, 0) is 4.79 Å². The third kappa shape index (κ3) is 3.67. The number of carbonyl (C=O) groups excluding carboxylic acids is 2. The summed E-state index contributed by atoms with van der Waals surface area (Å²) in [7, 11) is 0. The topological polar surface area (TPSA) is 71.1 Å². The van der Waals surface area contributed by atoms with Crippen LogP contribution in [0.15, 0.2) is 42.5 Å². The van der Waals surface area contributed by atoms with E-state index in [-0.39, 0.29) is 18.5 Å². The van der Waals surface area contributed by atoms with Gasteiger partial charge < -0.3 is 19.7 Å². The fourth-order valence-corrected chi connectivity index (χ4v) is 3.19. The molecule has 0 atom stereocenters. The summed E-state index contributed by atoms with van der Waals surface area (Å²) in [6.07, 6.45) is 0. The van der Waals surface area contributed by atoms with Crippen LogP contribution in [0.5, 0.6) is 11.5 Å². The molecule has 7 nitrogen and oxygen atoms in total. The fourth-order valence-electron chi connectivity index (χ4n) is 3.19. The molecule has 0 unspecified atom stereocenters. The van der Waals surface area contributed by atoms with E-state index in [1.165, 1.54) is 0 Å². The number of hydrogen-bond donors (Lipinski definition) is 1. The minimum absolute atomic E-state index is 0.00956. The van der Waals surface area contributed by atoms with Crippen molar-refractivity contribution in [3.05, 3.63) is 48.0 Å². The van der Waals surface area contributed by atoms with Gasteiger partial charge in [0.1, 0.15) is 19.8 Å². The minimum Gasteiger partial charge on any atom is -0.486 e. The minimum atomic E-state index is -0.245. The summed E-state index contributed by atoms with van der Waals surface area (Å²) in [5.74, 6) is 1.04. The van der Waals surface area contributed by atoms with Crippen molar-refractivity contribution < 1.29 is 19.1 Å². The summed E-state index contributed by atoms with van der Waals surface area (Å²) in [4.78, 5) is 28.2. The Labute approximate surface area is 157 Å². The van der Waals surface area contributed by atoms with Crippen LogP contribution in [0.3, 0.4) is 0 Å². The van der Waals surface area contributed by atoms with Crippen molar-refractivity contribution in [1.29, 1.82) is 0 Å². The highest BCUT2D eigenvalue weighted by Gasteiger charge is 2.30. The summed E-state index contributed by atoms with van der Waals surface area (Å²) in [6, 6.07) is 12.9. The van der Waals surface area contributed by atoms with Crippen molar-refractivity contribution in [2.75, 3.05) is 43.1 Å². The Morgan fingerprint density at radius 1 is 1.04 bits per heavy atom. The number of amides is 3. The number of nitrogens with zero attached hydrogens (tertiary/aromatic N) is 2. The summed E-state index contributed by atoms with van der Waals surface area (Å²) >= 11 is 0. The van der Waals surface area contributed by atoms with Crippen LogP contribution in [0.25, 0.3) is 0 Å². The molecule has 0 radical (unpaired) electrons. The highest BCUT2D eigenvalue weighted by molar-refractivity contribution is 5.99. The summed E-state index contributed by atoms with van der Waals surface area (Å²) in [6.45, 7) is 4.11. The number of nitrogens with one attached hydrogen (secondary N) is 1.